The van der Waals surface area contributed by atoms with E-state index in [0.29, 0.717) is 5.89 Å². The van der Waals surface area contributed by atoms with Crippen molar-refractivity contribution in [2.24, 2.45) is 0 Å². The number of aromatic nitrogens is 2. The molecule has 140 valence electrons. The first-order chi connectivity index (χ1) is 13.0. The average molecular weight is 383 g/mol. The zero-order valence-electron chi connectivity index (χ0n) is 15.2. The number of carbonyl (C=O) groups is 1. The second-order valence-electron chi connectivity index (χ2n) is 6.22. The lowest BCUT2D eigenvalue weighted by Gasteiger charge is -2.13. The maximum Gasteiger partial charge on any atom is 0.287 e. The van der Waals surface area contributed by atoms with Crippen LogP contribution in [0.2, 0.25) is 0 Å². The number of nitrogens with one attached hydrogen (secondary N) is 1. The van der Waals surface area contributed by atoms with Gasteiger partial charge in [0.25, 0.3) is 10.7 Å². The molecule has 3 aromatic rings. The van der Waals surface area contributed by atoms with Crippen LogP contribution in [0.3, 0.4) is 0 Å². The predicted molar refractivity (Wildman–Crippen MR) is 104 cm³/mol. The number of benzene rings is 2. The molecule has 3 rings (SSSR count). The molecule has 0 bridgehead atoms. The van der Waals surface area contributed by atoms with Gasteiger partial charge in [-0.2, -0.15) is 0 Å². The van der Waals surface area contributed by atoms with Gasteiger partial charge in [-0.25, -0.2) is 4.68 Å². The van der Waals surface area contributed by atoms with Gasteiger partial charge in [-0.15, -0.1) is 5.10 Å². The Bertz CT molecular complexity index is 966. The minimum Gasteiger partial charge on any atom is -0.484 e. The summed E-state index contributed by atoms with van der Waals surface area (Å²) in [6, 6.07) is 17.3. The largest absolute Gasteiger partial charge is 0.484 e. The number of carbonyl (C=O) groups excluding carboxylic acids is 1. The molecule has 0 aliphatic rings. The first-order valence-corrected chi connectivity index (χ1v) is 9.02. The van der Waals surface area contributed by atoms with Crippen molar-refractivity contribution >= 4 is 18.1 Å². The lowest BCUT2D eigenvalue weighted by Crippen LogP contribution is -2.30. The number of amides is 1. The van der Waals surface area contributed by atoms with E-state index in [0.717, 1.165) is 16.9 Å². The monoisotopic (exact) mass is 383 g/mol. The fraction of sp³-hybridized carbons (Fsp3) is 0.250. The van der Waals surface area contributed by atoms with Crippen LogP contribution >= 0.6 is 12.2 Å². The number of hydrogen-bond donors (Lipinski definition) is 1. The Labute approximate surface area is 162 Å². The Kier molecular flexibility index (Phi) is 6.03. The molecule has 0 spiro atoms. The molecular formula is C20H21N3O3S. The summed E-state index contributed by atoms with van der Waals surface area (Å²) < 4.78 is 12.4. The molecule has 1 amide bonds. The normalized spacial score (nSPS) is 11.8. The van der Waals surface area contributed by atoms with E-state index in [-0.39, 0.29) is 29.9 Å². The molecule has 0 radical (unpaired) electrons. The average Bonchev–Trinajstić information content (AvgIpc) is 3.00. The van der Waals surface area contributed by atoms with E-state index < -0.39 is 0 Å². The second-order valence-corrected chi connectivity index (χ2v) is 6.57. The molecule has 1 aromatic heterocycles. The van der Waals surface area contributed by atoms with E-state index in [1.807, 2.05) is 68.4 Å². The van der Waals surface area contributed by atoms with E-state index >= 15 is 0 Å². The number of nitrogens with zero attached hydrogens (tertiary/aromatic N) is 2. The lowest BCUT2D eigenvalue weighted by molar-refractivity contribution is -0.122. The summed E-state index contributed by atoms with van der Waals surface area (Å²) in [6.07, 6.45) is 0. The predicted octanol–water partition coefficient (Wildman–Crippen LogP) is 3.97. The van der Waals surface area contributed by atoms with E-state index in [2.05, 4.69) is 10.4 Å². The van der Waals surface area contributed by atoms with Crippen LogP contribution in [0, 0.1) is 11.8 Å². The quantitative estimate of drug-likeness (QED) is 0.625. The standard InChI is InChI=1S/C20H21N3O3S/c1-14-7-6-10-17(11-14)25-13-19-22-23(20(27)26-19)12-18(24)21-15(2)16-8-4-3-5-9-16/h3-11,15H,12-13H2,1-2H3,(H,21,24)/t15-/m0/s1. The smallest absolute Gasteiger partial charge is 0.287 e. The molecule has 0 aliphatic carbocycles. The SMILES string of the molecule is Cc1cccc(OCc2nn(CC(=O)N[C@@H](C)c3ccccc3)c(=S)o2)c1. The summed E-state index contributed by atoms with van der Waals surface area (Å²) in [4.78, 5) is 12.4. The van der Waals surface area contributed by atoms with Crippen molar-refractivity contribution in [3.8, 4) is 5.75 Å². The maximum absolute atomic E-state index is 12.3. The molecule has 6 nitrogen and oxygen atoms in total. The van der Waals surface area contributed by atoms with Gasteiger partial charge in [-0.05, 0) is 49.3 Å². The number of rotatable bonds is 7. The van der Waals surface area contributed by atoms with Crippen LogP contribution in [0.5, 0.6) is 5.75 Å². The van der Waals surface area contributed by atoms with Crippen LogP contribution in [0.1, 0.15) is 30.0 Å². The molecule has 0 saturated carbocycles. The molecule has 0 saturated heterocycles. The minimum absolute atomic E-state index is 0.00997. The van der Waals surface area contributed by atoms with Crippen LogP contribution in [-0.2, 0) is 17.9 Å². The molecule has 0 aliphatic heterocycles. The van der Waals surface area contributed by atoms with Crippen molar-refractivity contribution in [2.75, 3.05) is 0 Å². The summed E-state index contributed by atoms with van der Waals surface area (Å²) in [7, 11) is 0. The van der Waals surface area contributed by atoms with Gasteiger partial charge in [-0.1, -0.05) is 42.5 Å². The van der Waals surface area contributed by atoms with Gasteiger partial charge < -0.3 is 14.5 Å². The van der Waals surface area contributed by atoms with E-state index in [4.69, 9.17) is 21.4 Å². The van der Waals surface area contributed by atoms with E-state index in [9.17, 15) is 4.79 Å². The van der Waals surface area contributed by atoms with Crippen LogP contribution in [-0.4, -0.2) is 15.7 Å². The molecule has 0 unspecified atom stereocenters. The van der Waals surface area contributed by atoms with Gasteiger partial charge in [0.1, 0.15) is 12.3 Å². The Balaban J connectivity index is 1.57. The third-order valence-corrected chi connectivity index (χ3v) is 4.26. The van der Waals surface area contributed by atoms with Gasteiger partial charge in [0.05, 0.1) is 6.04 Å². The van der Waals surface area contributed by atoms with Crippen molar-refractivity contribution in [3.63, 3.8) is 0 Å². The fourth-order valence-electron chi connectivity index (χ4n) is 2.61. The Morgan fingerprint density at radius 2 is 2.04 bits per heavy atom. The highest BCUT2D eigenvalue weighted by Gasteiger charge is 2.13. The Hall–Kier alpha value is -2.93. The number of ether oxygens (including phenoxy) is 1. The maximum atomic E-state index is 12.3. The van der Waals surface area contributed by atoms with Crippen LogP contribution in [0.4, 0.5) is 0 Å². The first kappa shape index (κ1) is 18.8. The molecule has 7 heteroatoms. The van der Waals surface area contributed by atoms with Gasteiger partial charge in [0.2, 0.25) is 5.91 Å². The van der Waals surface area contributed by atoms with Gasteiger partial charge in [0.15, 0.2) is 6.61 Å². The molecule has 0 fully saturated rings. The highest BCUT2D eigenvalue weighted by Crippen LogP contribution is 2.14. The summed E-state index contributed by atoms with van der Waals surface area (Å²) >= 11 is 5.15. The molecule has 1 heterocycles. The zero-order chi connectivity index (χ0) is 19.2. The molecular weight excluding hydrogens is 362 g/mol. The van der Waals surface area contributed by atoms with Crippen molar-refractivity contribution in [1.82, 2.24) is 15.1 Å². The number of hydrogen-bond acceptors (Lipinski definition) is 5. The summed E-state index contributed by atoms with van der Waals surface area (Å²) in [6.45, 7) is 4.05. The minimum atomic E-state index is -0.193. The second kappa shape index (κ2) is 8.64. The van der Waals surface area contributed by atoms with Crippen molar-refractivity contribution in [1.29, 1.82) is 0 Å². The number of aryl methyl sites for hydroxylation is 1. The van der Waals surface area contributed by atoms with Gasteiger partial charge in [-0.3, -0.25) is 4.79 Å². The fourth-order valence-corrected chi connectivity index (χ4v) is 2.81. The Morgan fingerprint density at radius 3 is 2.78 bits per heavy atom. The summed E-state index contributed by atoms with van der Waals surface area (Å²) in [5, 5.41) is 7.15. The summed E-state index contributed by atoms with van der Waals surface area (Å²) in [5.74, 6) is 0.854. The van der Waals surface area contributed by atoms with E-state index in [1.54, 1.807) is 0 Å². The lowest BCUT2D eigenvalue weighted by atomic mass is 10.1. The van der Waals surface area contributed by atoms with Crippen LogP contribution in [0.15, 0.2) is 59.0 Å². The molecule has 2 aromatic carbocycles. The highest BCUT2D eigenvalue weighted by molar-refractivity contribution is 7.71. The first-order valence-electron chi connectivity index (χ1n) is 8.62. The molecule has 1 N–H and O–H groups in total. The van der Waals surface area contributed by atoms with Gasteiger partial charge in [0, 0.05) is 0 Å². The molecule has 1 atom stereocenters. The zero-order valence-corrected chi connectivity index (χ0v) is 16.0. The van der Waals surface area contributed by atoms with Gasteiger partial charge >= 0.3 is 0 Å². The van der Waals surface area contributed by atoms with Crippen LogP contribution in [0.25, 0.3) is 0 Å². The highest BCUT2D eigenvalue weighted by atomic mass is 32.1. The van der Waals surface area contributed by atoms with E-state index in [1.165, 1.54) is 4.68 Å². The Morgan fingerprint density at radius 1 is 1.26 bits per heavy atom. The van der Waals surface area contributed by atoms with Crippen molar-refractivity contribution in [3.05, 3.63) is 76.5 Å². The molecule has 27 heavy (non-hydrogen) atoms. The third-order valence-electron chi connectivity index (χ3n) is 3.97. The van der Waals surface area contributed by atoms with Crippen molar-refractivity contribution < 1.29 is 13.9 Å². The summed E-state index contributed by atoms with van der Waals surface area (Å²) in [5.41, 5.74) is 2.13. The third kappa shape index (κ3) is 5.27. The topological polar surface area (TPSA) is 69.3 Å². The van der Waals surface area contributed by atoms with Crippen molar-refractivity contribution in [2.45, 2.75) is 33.0 Å². The van der Waals surface area contributed by atoms with Crippen LogP contribution < -0.4 is 10.1 Å².